The van der Waals surface area contributed by atoms with Gasteiger partial charge in [-0.05, 0) is 46.6 Å². The predicted octanol–water partition coefficient (Wildman–Crippen LogP) is 4.68. The minimum absolute atomic E-state index is 0.0324. The number of halogens is 2. The molecule has 0 aliphatic heterocycles. The minimum atomic E-state index is -0.0324. The molecule has 1 amide bonds. The molecule has 104 valence electrons. The molecule has 2 rings (SSSR count). The van der Waals surface area contributed by atoms with Crippen LogP contribution in [0.1, 0.15) is 21.5 Å². The zero-order chi connectivity index (χ0) is 14.7. The van der Waals surface area contributed by atoms with E-state index < -0.39 is 0 Å². The highest BCUT2D eigenvalue weighted by molar-refractivity contribution is 9.10. The summed E-state index contributed by atoms with van der Waals surface area (Å²) < 4.78 is 0.714. The van der Waals surface area contributed by atoms with E-state index >= 15 is 0 Å². The Kier molecular flexibility index (Phi) is 4.84. The molecule has 0 bridgehead atoms. The van der Waals surface area contributed by atoms with Crippen molar-refractivity contribution in [1.29, 1.82) is 0 Å². The Labute approximate surface area is 132 Å². The van der Waals surface area contributed by atoms with Crippen molar-refractivity contribution < 1.29 is 4.79 Å². The van der Waals surface area contributed by atoms with E-state index in [-0.39, 0.29) is 5.91 Å². The lowest BCUT2D eigenvalue weighted by atomic mass is 10.1. The number of carbonyl (C=O) groups excluding carboxylic acids is 1. The number of hydrogen-bond acceptors (Lipinski definition) is 1. The first kappa shape index (κ1) is 15.1. The van der Waals surface area contributed by atoms with Gasteiger partial charge < -0.3 is 4.90 Å². The van der Waals surface area contributed by atoms with Crippen LogP contribution in [0.3, 0.4) is 0 Å². The zero-order valence-corrected chi connectivity index (χ0v) is 13.7. The van der Waals surface area contributed by atoms with Crippen LogP contribution in [-0.4, -0.2) is 17.9 Å². The zero-order valence-electron chi connectivity index (χ0n) is 11.4. The van der Waals surface area contributed by atoms with E-state index in [4.69, 9.17) is 11.6 Å². The van der Waals surface area contributed by atoms with Gasteiger partial charge in [0.15, 0.2) is 0 Å². The van der Waals surface area contributed by atoms with E-state index in [0.29, 0.717) is 21.6 Å². The molecule has 0 aliphatic carbocycles. The van der Waals surface area contributed by atoms with Crippen molar-refractivity contribution in [2.45, 2.75) is 13.5 Å². The van der Waals surface area contributed by atoms with Crippen LogP contribution in [0.4, 0.5) is 0 Å². The quantitative estimate of drug-likeness (QED) is 0.785. The monoisotopic (exact) mass is 351 g/mol. The second-order valence-electron chi connectivity index (χ2n) is 4.77. The third-order valence-corrected chi connectivity index (χ3v) is 3.90. The Balaban J connectivity index is 2.16. The fourth-order valence-electron chi connectivity index (χ4n) is 2.02. The van der Waals surface area contributed by atoms with Crippen LogP contribution in [0.25, 0.3) is 0 Å². The highest BCUT2D eigenvalue weighted by atomic mass is 79.9. The van der Waals surface area contributed by atoms with Crippen molar-refractivity contribution in [2.24, 2.45) is 0 Å². The Hall–Kier alpha value is -1.32. The Morgan fingerprint density at radius 2 is 2.00 bits per heavy atom. The highest BCUT2D eigenvalue weighted by Crippen LogP contribution is 2.23. The molecule has 0 aromatic heterocycles. The number of carbonyl (C=O) groups is 1. The normalized spacial score (nSPS) is 10.4. The molecule has 0 saturated heterocycles. The van der Waals surface area contributed by atoms with Crippen LogP contribution in [0, 0.1) is 6.92 Å². The van der Waals surface area contributed by atoms with Crippen LogP contribution in [0.5, 0.6) is 0 Å². The summed E-state index contributed by atoms with van der Waals surface area (Å²) in [5.41, 5.74) is 2.92. The molecule has 0 radical (unpaired) electrons. The minimum Gasteiger partial charge on any atom is -0.337 e. The number of nitrogens with zero attached hydrogens (tertiary/aromatic N) is 1. The Bertz CT molecular complexity index is 642. The number of rotatable bonds is 3. The second kappa shape index (κ2) is 6.42. The fourth-order valence-corrected chi connectivity index (χ4v) is 2.88. The van der Waals surface area contributed by atoms with Gasteiger partial charge in [-0.1, -0.05) is 41.4 Å². The molecule has 0 saturated carbocycles. The molecule has 2 aromatic rings. The molecular weight excluding hydrogens is 338 g/mol. The summed E-state index contributed by atoms with van der Waals surface area (Å²) >= 11 is 9.27. The van der Waals surface area contributed by atoms with Crippen molar-refractivity contribution in [3.8, 4) is 0 Å². The van der Waals surface area contributed by atoms with E-state index in [1.165, 1.54) is 5.56 Å². The third-order valence-electron chi connectivity index (χ3n) is 3.01. The van der Waals surface area contributed by atoms with Crippen molar-refractivity contribution in [3.63, 3.8) is 0 Å². The van der Waals surface area contributed by atoms with Crippen molar-refractivity contribution >= 4 is 33.4 Å². The second-order valence-corrected chi connectivity index (χ2v) is 6.07. The lowest BCUT2D eigenvalue weighted by Crippen LogP contribution is -2.26. The summed E-state index contributed by atoms with van der Waals surface area (Å²) in [4.78, 5) is 14.1. The molecule has 0 fully saturated rings. The molecule has 0 atom stereocenters. The Morgan fingerprint density at radius 3 is 2.65 bits per heavy atom. The maximum atomic E-state index is 12.4. The third kappa shape index (κ3) is 3.62. The first-order valence-corrected chi connectivity index (χ1v) is 7.40. The van der Waals surface area contributed by atoms with E-state index in [0.717, 1.165) is 5.56 Å². The molecule has 4 heteroatoms. The van der Waals surface area contributed by atoms with Crippen LogP contribution in [0.2, 0.25) is 5.02 Å². The molecule has 0 spiro atoms. The largest absolute Gasteiger partial charge is 0.337 e. The summed E-state index contributed by atoms with van der Waals surface area (Å²) in [7, 11) is 1.80. The lowest BCUT2D eigenvalue weighted by Gasteiger charge is -2.18. The standard InChI is InChI=1S/C16H15BrClNO/c1-11-4-3-5-12(8-11)10-19(2)16(20)14-7-6-13(18)9-15(14)17/h3-9H,10H2,1-2H3. The van der Waals surface area contributed by atoms with E-state index in [1.807, 2.05) is 25.1 Å². The van der Waals surface area contributed by atoms with Gasteiger partial charge in [-0.15, -0.1) is 0 Å². The van der Waals surface area contributed by atoms with Gasteiger partial charge in [0.05, 0.1) is 5.56 Å². The SMILES string of the molecule is Cc1cccc(CN(C)C(=O)c2ccc(Cl)cc2Br)c1. The van der Waals surface area contributed by atoms with E-state index in [1.54, 1.807) is 30.1 Å². The highest BCUT2D eigenvalue weighted by Gasteiger charge is 2.15. The van der Waals surface area contributed by atoms with Crippen LogP contribution in [0.15, 0.2) is 46.9 Å². The average molecular weight is 353 g/mol. The van der Waals surface area contributed by atoms with Crippen molar-refractivity contribution in [1.82, 2.24) is 4.90 Å². The van der Waals surface area contributed by atoms with Gasteiger partial charge in [0, 0.05) is 23.1 Å². The molecule has 0 heterocycles. The predicted molar refractivity (Wildman–Crippen MR) is 86.1 cm³/mol. The summed E-state index contributed by atoms with van der Waals surface area (Å²) in [6, 6.07) is 13.3. The maximum Gasteiger partial charge on any atom is 0.255 e. The molecule has 20 heavy (non-hydrogen) atoms. The number of aryl methyl sites for hydroxylation is 1. The summed E-state index contributed by atoms with van der Waals surface area (Å²) in [6.07, 6.45) is 0. The van der Waals surface area contributed by atoms with E-state index in [2.05, 4.69) is 22.0 Å². The summed E-state index contributed by atoms with van der Waals surface area (Å²) in [5.74, 6) is -0.0324. The van der Waals surface area contributed by atoms with Gasteiger partial charge >= 0.3 is 0 Å². The average Bonchev–Trinajstić information content (AvgIpc) is 2.38. The van der Waals surface area contributed by atoms with Crippen molar-refractivity contribution in [2.75, 3.05) is 7.05 Å². The lowest BCUT2D eigenvalue weighted by molar-refractivity contribution is 0.0784. The number of amides is 1. The number of hydrogen-bond donors (Lipinski definition) is 0. The van der Waals surface area contributed by atoms with Gasteiger partial charge in [0.25, 0.3) is 5.91 Å². The van der Waals surface area contributed by atoms with E-state index in [9.17, 15) is 4.79 Å². The molecular formula is C16H15BrClNO. The fraction of sp³-hybridized carbons (Fsp3) is 0.188. The number of benzene rings is 2. The maximum absolute atomic E-state index is 12.4. The first-order valence-electron chi connectivity index (χ1n) is 6.23. The van der Waals surface area contributed by atoms with Gasteiger partial charge in [0.2, 0.25) is 0 Å². The summed E-state index contributed by atoms with van der Waals surface area (Å²) in [5, 5.41) is 0.606. The van der Waals surface area contributed by atoms with Crippen LogP contribution in [-0.2, 0) is 6.54 Å². The molecule has 0 aliphatic rings. The Morgan fingerprint density at radius 1 is 1.25 bits per heavy atom. The summed E-state index contributed by atoms with van der Waals surface area (Å²) in [6.45, 7) is 2.62. The topological polar surface area (TPSA) is 20.3 Å². The van der Waals surface area contributed by atoms with Gasteiger partial charge in [-0.3, -0.25) is 4.79 Å². The molecule has 2 nitrogen and oxygen atoms in total. The van der Waals surface area contributed by atoms with Gasteiger partial charge in [0.1, 0.15) is 0 Å². The van der Waals surface area contributed by atoms with Gasteiger partial charge in [-0.2, -0.15) is 0 Å². The van der Waals surface area contributed by atoms with Crippen molar-refractivity contribution in [3.05, 3.63) is 68.7 Å². The van der Waals surface area contributed by atoms with Crippen LogP contribution >= 0.6 is 27.5 Å². The molecule has 0 N–H and O–H groups in total. The first-order chi connectivity index (χ1) is 9.47. The molecule has 0 unspecified atom stereocenters. The molecule has 2 aromatic carbocycles. The van der Waals surface area contributed by atoms with Crippen LogP contribution < -0.4 is 0 Å². The smallest absolute Gasteiger partial charge is 0.255 e. The van der Waals surface area contributed by atoms with Gasteiger partial charge in [-0.25, -0.2) is 0 Å².